The molecule has 2 aromatic heterocycles. The standard InChI is InChI=1S/C11H11N3O/c1-2-10(15-5-1)11-8-6-12-4-3-9(8)13-7-14-11/h1-2,5,7,12H,3-4,6H2. The van der Waals surface area contributed by atoms with Gasteiger partial charge in [-0.05, 0) is 12.1 Å². The molecule has 0 aliphatic carbocycles. The van der Waals surface area contributed by atoms with Crippen LogP contribution >= 0.6 is 0 Å². The van der Waals surface area contributed by atoms with Crippen LogP contribution in [0.25, 0.3) is 11.5 Å². The van der Waals surface area contributed by atoms with Crippen molar-refractivity contribution >= 4 is 0 Å². The molecule has 3 heterocycles. The average molecular weight is 201 g/mol. The summed E-state index contributed by atoms with van der Waals surface area (Å²) in [6, 6.07) is 3.80. The van der Waals surface area contributed by atoms with Crippen LogP contribution in [0.4, 0.5) is 0 Å². The topological polar surface area (TPSA) is 51.0 Å². The third-order valence-corrected chi connectivity index (χ3v) is 2.63. The van der Waals surface area contributed by atoms with Crippen LogP contribution in [0.5, 0.6) is 0 Å². The maximum absolute atomic E-state index is 5.37. The number of aromatic nitrogens is 2. The fraction of sp³-hybridized carbons (Fsp3) is 0.273. The average Bonchev–Trinajstić information content (AvgIpc) is 2.82. The van der Waals surface area contributed by atoms with Gasteiger partial charge in [-0.15, -0.1) is 0 Å². The van der Waals surface area contributed by atoms with E-state index in [1.165, 1.54) is 5.56 Å². The fourth-order valence-electron chi connectivity index (χ4n) is 1.90. The molecule has 0 aromatic carbocycles. The zero-order valence-electron chi connectivity index (χ0n) is 8.23. The molecule has 0 radical (unpaired) electrons. The number of rotatable bonds is 1. The molecule has 0 unspecified atom stereocenters. The minimum absolute atomic E-state index is 0.817. The van der Waals surface area contributed by atoms with E-state index in [0.29, 0.717) is 0 Å². The van der Waals surface area contributed by atoms with E-state index >= 15 is 0 Å². The van der Waals surface area contributed by atoms with Crippen molar-refractivity contribution in [2.24, 2.45) is 0 Å². The van der Waals surface area contributed by atoms with Crippen LogP contribution in [-0.2, 0) is 13.0 Å². The Labute approximate surface area is 87.4 Å². The highest BCUT2D eigenvalue weighted by atomic mass is 16.3. The summed E-state index contributed by atoms with van der Waals surface area (Å²) in [6.45, 7) is 1.81. The van der Waals surface area contributed by atoms with Crippen molar-refractivity contribution in [2.75, 3.05) is 6.54 Å². The lowest BCUT2D eigenvalue weighted by atomic mass is 10.0. The Kier molecular flexibility index (Phi) is 1.99. The van der Waals surface area contributed by atoms with E-state index in [-0.39, 0.29) is 0 Å². The van der Waals surface area contributed by atoms with E-state index in [1.807, 2.05) is 12.1 Å². The van der Waals surface area contributed by atoms with E-state index < -0.39 is 0 Å². The van der Waals surface area contributed by atoms with Gasteiger partial charge < -0.3 is 9.73 Å². The summed E-state index contributed by atoms with van der Waals surface area (Å²) in [7, 11) is 0. The number of nitrogens with zero attached hydrogens (tertiary/aromatic N) is 2. The summed E-state index contributed by atoms with van der Waals surface area (Å²) < 4.78 is 5.37. The van der Waals surface area contributed by atoms with Crippen molar-refractivity contribution in [1.29, 1.82) is 0 Å². The SMILES string of the molecule is c1coc(-c2ncnc3c2CNCC3)c1. The van der Waals surface area contributed by atoms with Gasteiger partial charge in [0.1, 0.15) is 12.0 Å². The minimum atomic E-state index is 0.817. The van der Waals surface area contributed by atoms with E-state index in [2.05, 4.69) is 15.3 Å². The lowest BCUT2D eigenvalue weighted by Crippen LogP contribution is -2.25. The van der Waals surface area contributed by atoms with Crippen molar-refractivity contribution in [3.8, 4) is 11.5 Å². The molecule has 4 nitrogen and oxygen atoms in total. The van der Waals surface area contributed by atoms with E-state index in [1.54, 1.807) is 12.6 Å². The van der Waals surface area contributed by atoms with Crippen LogP contribution < -0.4 is 5.32 Å². The molecule has 0 amide bonds. The first-order chi connectivity index (χ1) is 7.45. The number of fused-ring (bicyclic) bond motifs is 1. The zero-order valence-corrected chi connectivity index (χ0v) is 8.23. The first-order valence-corrected chi connectivity index (χ1v) is 5.02. The quantitative estimate of drug-likeness (QED) is 0.757. The molecule has 0 spiro atoms. The van der Waals surface area contributed by atoms with Crippen molar-refractivity contribution in [3.63, 3.8) is 0 Å². The second kappa shape index (κ2) is 3.47. The lowest BCUT2D eigenvalue weighted by molar-refractivity contribution is 0.572. The third-order valence-electron chi connectivity index (χ3n) is 2.63. The van der Waals surface area contributed by atoms with Gasteiger partial charge in [-0.25, -0.2) is 9.97 Å². The summed E-state index contributed by atoms with van der Waals surface area (Å²) in [5.74, 6) is 0.817. The molecule has 0 bridgehead atoms. The van der Waals surface area contributed by atoms with Gasteiger partial charge in [0.15, 0.2) is 5.76 Å². The monoisotopic (exact) mass is 201 g/mol. The smallest absolute Gasteiger partial charge is 0.152 e. The van der Waals surface area contributed by atoms with Gasteiger partial charge in [-0.2, -0.15) is 0 Å². The molecular formula is C11H11N3O. The molecule has 0 fully saturated rings. The van der Waals surface area contributed by atoms with Crippen LogP contribution in [0.3, 0.4) is 0 Å². The van der Waals surface area contributed by atoms with Gasteiger partial charge in [0.25, 0.3) is 0 Å². The van der Waals surface area contributed by atoms with Crippen LogP contribution in [0.2, 0.25) is 0 Å². The summed E-state index contributed by atoms with van der Waals surface area (Å²) in [5, 5.41) is 3.32. The summed E-state index contributed by atoms with van der Waals surface area (Å²) >= 11 is 0. The Morgan fingerprint density at radius 2 is 2.33 bits per heavy atom. The predicted octanol–water partition coefficient (Wildman–Crippen LogP) is 1.38. The fourth-order valence-corrected chi connectivity index (χ4v) is 1.90. The number of hydrogen-bond donors (Lipinski definition) is 1. The predicted molar refractivity (Wildman–Crippen MR) is 55.1 cm³/mol. The Morgan fingerprint density at radius 1 is 1.33 bits per heavy atom. The molecule has 3 rings (SSSR count). The Balaban J connectivity index is 2.15. The summed E-state index contributed by atoms with van der Waals surface area (Å²) in [5.41, 5.74) is 3.21. The lowest BCUT2D eigenvalue weighted by Gasteiger charge is -2.17. The Morgan fingerprint density at radius 3 is 3.20 bits per heavy atom. The zero-order chi connectivity index (χ0) is 10.1. The highest BCUT2D eigenvalue weighted by Gasteiger charge is 2.17. The van der Waals surface area contributed by atoms with Crippen molar-refractivity contribution in [2.45, 2.75) is 13.0 Å². The number of furan rings is 1. The Hall–Kier alpha value is -1.68. The molecule has 1 aliphatic rings. The maximum Gasteiger partial charge on any atom is 0.152 e. The molecule has 76 valence electrons. The normalized spacial score (nSPS) is 14.9. The van der Waals surface area contributed by atoms with Crippen LogP contribution in [-0.4, -0.2) is 16.5 Å². The molecule has 2 aromatic rings. The van der Waals surface area contributed by atoms with Gasteiger partial charge >= 0.3 is 0 Å². The molecule has 0 atom stereocenters. The van der Waals surface area contributed by atoms with Gasteiger partial charge in [0.05, 0.1) is 12.0 Å². The summed E-state index contributed by atoms with van der Waals surface area (Å²) in [6.07, 6.45) is 4.24. The second-order valence-electron chi connectivity index (χ2n) is 3.55. The van der Waals surface area contributed by atoms with Crippen molar-refractivity contribution in [1.82, 2.24) is 15.3 Å². The third kappa shape index (κ3) is 1.43. The molecule has 0 saturated heterocycles. The van der Waals surface area contributed by atoms with Crippen LogP contribution in [0.1, 0.15) is 11.3 Å². The highest BCUT2D eigenvalue weighted by molar-refractivity contribution is 5.58. The summed E-state index contributed by atoms with van der Waals surface area (Å²) in [4.78, 5) is 8.59. The maximum atomic E-state index is 5.37. The Bertz CT molecular complexity index is 465. The van der Waals surface area contributed by atoms with Crippen molar-refractivity contribution in [3.05, 3.63) is 36.0 Å². The van der Waals surface area contributed by atoms with E-state index in [9.17, 15) is 0 Å². The van der Waals surface area contributed by atoms with Crippen LogP contribution in [0.15, 0.2) is 29.1 Å². The minimum Gasteiger partial charge on any atom is -0.463 e. The van der Waals surface area contributed by atoms with Gasteiger partial charge in [0.2, 0.25) is 0 Å². The molecule has 1 aliphatic heterocycles. The largest absolute Gasteiger partial charge is 0.463 e. The van der Waals surface area contributed by atoms with Gasteiger partial charge in [0, 0.05) is 25.1 Å². The van der Waals surface area contributed by atoms with Gasteiger partial charge in [-0.1, -0.05) is 0 Å². The first-order valence-electron chi connectivity index (χ1n) is 5.02. The van der Waals surface area contributed by atoms with Crippen molar-refractivity contribution < 1.29 is 4.42 Å². The number of hydrogen-bond acceptors (Lipinski definition) is 4. The number of nitrogens with one attached hydrogen (secondary N) is 1. The molecule has 0 saturated carbocycles. The highest BCUT2D eigenvalue weighted by Crippen LogP contribution is 2.24. The molecular weight excluding hydrogens is 190 g/mol. The molecule has 4 heteroatoms. The van der Waals surface area contributed by atoms with E-state index in [0.717, 1.165) is 36.7 Å². The second-order valence-corrected chi connectivity index (χ2v) is 3.55. The first kappa shape index (κ1) is 8.61. The van der Waals surface area contributed by atoms with Crippen LogP contribution in [0, 0.1) is 0 Å². The van der Waals surface area contributed by atoms with E-state index in [4.69, 9.17) is 4.42 Å². The molecule has 15 heavy (non-hydrogen) atoms. The molecule has 1 N–H and O–H groups in total. The van der Waals surface area contributed by atoms with Gasteiger partial charge in [-0.3, -0.25) is 0 Å².